The highest BCUT2D eigenvalue weighted by atomic mass is 19.4. The van der Waals surface area contributed by atoms with Gasteiger partial charge in [0, 0.05) is 38.2 Å². The van der Waals surface area contributed by atoms with E-state index in [-0.39, 0.29) is 60.9 Å². The van der Waals surface area contributed by atoms with E-state index in [9.17, 15) is 23.2 Å². The number of alkyl halides is 3. The number of ether oxygens (including phenoxy) is 1. The maximum atomic E-state index is 13.2. The lowest BCUT2D eigenvalue weighted by molar-refractivity contribution is -0.184. The molecule has 9 heteroatoms. The number of nitrogens with zero attached hydrogens (tertiary/aromatic N) is 1. The van der Waals surface area contributed by atoms with Gasteiger partial charge in [-0.05, 0) is 44.9 Å². The van der Waals surface area contributed by atoms with Crippen LogP contribution in [0.4, 0.5) is 13.2 Å². The molecule has 0 aromatic rings. The number of piperidine rings is 1. The highest BCUT2D eigenvalue weighted by Crippen LogP contribution is 2.39. The number of carbonyl (C=O) groups excluding carboxylic acids is 1. The first-order valence-electron chi connectivity index (χ1n) is 11.1. The fourth-order valence-corrected chi connectivity index (χ4v) is 5.62. The summed E-state index contributed by atoms with van der Waals surface area (Å²) in [5.74, 6) is -1.68. The van der Waals surface area contributed by atoms with Crippen LogP contribution in [-0.2, 0) is 9.53 Å². The van der Waals surface area contributed by atoms with E-state index < -0.39 is 12.1 Å². The van der Waals surface area contributed by atoms with Crippen LogP contribution in [0.5, 0.6) is 0 Å². The summed E-state index contributed by atoms with van der Waals surface area (Å²) in [5, 5.41) is 19.6. The number of nitrogens with one attached hydrogen (secondary N) is 3. The summed E-state index contributed by atoms with van der Waals surface area (Å²) in [7, 11) is 0. The molecule has 2 saturated carbocycles. The van der Waals surface area contributed by atoms with E-state index in [1.165, 1.54) is 6.92 Å². The predicted octanol–water partition coefficient (Wildman–Crippen LogP) is 2.50. The molecule has 0 bridgehead atoms. The van der Waals surface area contributed by atoms with Crippen molar-refractivity contribution in [1.82, 2.24) is 16.0 Å². The Bertz CT molecular complexity index is 639. The van der Waals surface area contributed by atoms with Gasteiger partial charge in [0.15, 0.2) is 0 Å². The number of hydrogen-bond acceptors (Lipinski definition) is 5. The van der Waals surface area contributed by atoms with Crippen LogP contribution in [0.1, 0.15) is 52.4 Å². The molecule has 3 rings (SSSR count). The molecule has 0 aromatic carbocycles. The molecule has 1 saturated heterocycles. The van der Waals surface area contributed by atoms with Crippen molar-refractivity contribution in [3.8, 4) is 6.07 Å². The first-order chi connectivity index (χ1) is 14.2. The van der Waals surface area contributed by atoms with Crippen LogP contribution in [0, 0.1) is 29.1 Å². The van der Waals surface area contributed by atoms with Gasteiger partial charge in [-0.3, -0.25) is 4.79 Å². The van der Waals surface area contributed by atoms with Gasteiger partial charge in [-0.15, -0.1) is 0 Å². The van der Waals surface area contributed by atoms with Gasteiger partial charge in [-0.2, -0.15) is 18.4 Å². The van der Waals surface area contributed by atoms with Gasteiger partial charge >= 0.3 is 6.18 Å². The molecule has 3 N–H and O–H groups in total. The first-order valence-corrected chi connectivity index (χ1v) is 11.1. The molecule has 1 amide bonds. The zero-order valence-corrected chi connectivity index (χ0v) is 17.7. The molecule has 8 unspecified atom stereocenters. The van der Waals surface area contributed by atoms with E-state index >= 15 is 0 Å². The Morgan fingerprint density at radius 1 is 1.27 bits per heavy atom. The minimum atomic E-state index is -4.17. The second kappa shape index (κ2) is 9.84. The van der Waals surface area contributed by atoms with Gasteiger partial charge in [-0.25, -0.2) is 0 Å². The van der Waals surface area contributed by atoms with E-state index in [1.54, 1.807) is 0 Å². The molecule has 1 aliphatic heterocycles. The molecule has 3 aliphatic rings. The second-order valence-electron chi connectivity index (χ2n) is 8.98. The Kier molecular flexibility index (Phi) is 7.64. The second-order valence-corrected chi connectivity index (χ2v) is 8.98. The number of halogens is 3. The highest BCUT2D eigenvalue weighted by molar-refractivity contribution is 5.73. The maximum Gasteiger partial charge on any atom is 0.391 e. The molecule has 1 heterocycles. The van der Waals surface area contributed by atoms with Crippen LogP contribution < -0.4 is 16.0 Å². The lowest BCUT2D eigenvalue weighted by Crippen LogP contribution is -2.66. The monoisotopic (exact) mass is 430 g/mol. The molecule has 2 aliphatic carbocycles. The SMILES string of the molecule is CCOC1CC2NCC(C#N)C(NC3CCCC(C(F)(F)F)C3)C2CC1NC(C)=O. The van der Waals surface area contributed by atoms with Crippen molar-refractivity contribution in [3.05, 3.63) is 0 Å². The largest absolute Gasteiger partial charge is 0.391 e. The number of rotatable bonds is 5. The van der Waals surface area contributed by atoms with Gasteiger partial charge in [0.1, 0.15) is 0 Å². The average Bonchev–Trinajstić information content (AvgIpc) is 2.68. The molecular weight excluding hydrogens is 397 g/mol. The molecule has 8 atom stereocenters. The molecule has 0 aromatic heterocycles. The molecule has 0 spiro atoms. The van der Waals surface area contributed by atoms with Gasteiger partial charge in [0.25, 0.3) is 0 Å². The van der Waals surface area contributed by atoms with Crippen LogP contribution in [0.25, 0.3) is 0 Å². The Balaban J connectivity index is 1.74. The molecule has 3 fully saturated rings. The molecular formula is C21H33F3N4O2. The van der Waals surface area contributed by atoms with E-state index in [1.807, 2.05) is 6.92 Å². The van der Waals surface area contributed by atoms with Crippen molar-refractivity contribution in [1.29, 1.82) is 5.26 Å². The predicted molar refractivity (Wildman–Crippen MR) is 105 cm³/mol. The van der Waals surface area contributed by atoms with Crippen LogP contribution >= 0.6 is 0 Å². The van der Waals surface area contributed by atoms with Gasteiger partial charge in [-0.1, -0.05) is 6.42 Å². The summed E-state index contributed by atoms with van der Waals surface area (Å²) < 4.78 is 45.6. The number of carbonyl (C=O) groups is 1. The number of hydrogen-bond donors (Lipinski definition) is 3. The summed E-state index contributed by atoms with van der Waals surface area (Å²) in [6.45, 7) is 4.44. The lowest BCUT2D eigenvalue weighted by atomic mass is 9.69. The maximum absolute atomic E-state index is 13.2. The average molecular weight is 431 g/mol. The van der Waals surface area contributed by atoms with Crippen molar-refractivity contribution in [2.45, 2.75) is 88.8 Å². The number of fused-ring (bicyclic) bond motifs is 1. The third kappa shape index (κ3) is 5.45. The van der Waals surface area contributed by atoms with Gasteiger partial charge < -0.3 is 20.7 Å². The molecule has 170 valence electrons. The summed E-state index contributed by atoms with van der Waals surface area (Å²) >= 11 is 0. The van der Waals surface area contributed by atoms with Crippen molar-refractivity contribution < 1.29 is 22.7 Å². The fourth-order valence-electron chi connectivity index (χ4n) is 5.62. The number of nitriles is 1. The summed E-state index contributed by atoms with van der Waals surface area (Å²) in [5.41, 5.74) is 0. The van der Waals surface area contributed by atoms with Crippen molar-refractivity contribution >= 4 is 5.91 Å². The third-order valence-corrected chi connectivity index (χ3v) is 6.97. The zero-order chi connectivity index (χ0) is 21.9. The standard InChI is InChI=1S/C21H33F3N4O2/c1-3-30-19-9-17-16(8-18(19)27-12(2)29)20(13(10-25)11-26-17)28-15-6-4-5-14(7-15)21(22,23)24/h13-20,26,28H,3-9,11H2,1-2H3,(H,27,29). The molecule has 0 radical (unpaired) electrons. The zero-order valence-electron chi connectivity index (χ0n) is 17.7. The summed E-state index contributed by atoms with van der Waals surface area (Å²) in [6, 6.07) is 1.85. The van der Waals surface area contributed by atoms with Crippen LogP contribution in [-0.4, -0.2) is 55.5 Å². The lowest BCUT2D eigenvalue weighted by Gasteiger charge is -2.50. The van der Waals surface area contributed by atoms with E-state index in [0.29, 0.717) is 38.8 Å². The quantitative estimate of drug-likeness (QED) is 0.624. The minimum Gasteiger partial charge on any atom is -0.376 e. The first kappa shape index (κ1) is 23.3. The van der Waals surface area contributed by atoms with Crippen molar-refractivity contribution in [2.24, 2.45) is 17.8 Å². The third-order valence-electron chi connectivity index (χ3n) is 6.97. The van der Waals surface area contributed by atoms with Crippen LogP contribution in [0.15, 0.2) is 0 Å². The Morgan fingerprint density at radius 3 is 2.67 bits per heavy atom. The van der Waals surface area contributed by atoms with Crippen molar-refractivity contribution in [2.75, 3.05) is 13.2 Å². The topological polar surface area (TPSA) is 86.2 Å². The summed E-state index contributed by atoms with van der Waals surface area (Å²) in [4.78, 5) is 11.7. The molecule has 30 heavy (non-hydrogen) atoms. The number of amides is 1. The Morgan fingerprint density at radius 2 is 2.03 bits per heavy atom. The molecule has 6 nitrogen and oxygen atoms in total. The highest BCUT2D eigenvalue weighted by Gasteiger charge is 2.48. The van der Waals surface area contributed by atoms with E-state index in [4.69, 9.17) is 4.74 Å². The summed E-state index contributed by atoms with van der Waals surface area (Å²) in [6.07, 6.45) is -1.46. The van der Waals surface area contributed by atoms with E-state index in [2.05, 4.69) is 22.0 Å². The minimum absolute atomic E-state index is 0.0446. The normalized spacial score (nSPS) is 39.6. The Labute approximate surface area is 176 Å². The van der Waals surface area contributed by atoms with Crippen molar-refractivity contribution in [3.63, 3.8) is 0 Å². The van der Waals surface area contributed by atoms with Gasteiger partial charge in [0.05, 0.1) is 30.1 Å². The van der Waals surface area contributed by atoms with Gasteiger partial charge in [0.2, 0.25) is 5.91 Å². The van der Waals surface area contributed by atoms with Crippen LogP contribution in [0.2, 0.25) is 0 Å². The van der Waals surface area contributed by atoms with E-state index in [0.717, 1.165) is 0 Å². The fraction of sp³-hybridized carbons (Fsp3) is 0.905. The Hall–Kier alpha value is -1.37. The van der Waals surface area contributed by atoms with Crippen LogP contribution in [0.3, 0.4) is 0 Å². The smallest absolute Gasteiger partial charge is 0.376 e.